The molecule has 0 radical (unpaired) electrons. The monoisotopic (exact) mass is 285 g/mol. The van der Waals surface area contributed by atoms with E-state index in [-0.39, 0.29) is 5.41 Å². The van der Waals surface area contributed by atoms with E-state index in [9.17, 15) is 0 Å². The van der Waals surface area contributed by atoms with Gasteiger partial charge in [-0.1, -0.05) is 45.0 Å². The molecule has 2 rings (SSSR count). The van der Waals surface area contributed by atoms with Crippen molar-refractivity contribution in [3.63, 3.8) is 0 Å². The molecule has 1 atom stereocenters. The van der Waals surface area contributed by atoms with Gasteiger partial charge in [-0.05, 0) is 22.6 Å². The number of rotatable bonds is 7. The van der Waals surface area contributed by atoms with Gasteiger partial charge in [0, 0.05) is 24.4 Å². The van der Waals surface area contributed by atoms with Gasteiger partial charge in [-0.2, -0.15) is 4.68 Å². The number of hydrogen-bond acceptors (Lipinski definition) is 4. The lowest BCUT2D eigenvalue weighted by atomic mass is 9.86. The van der Waals surface area contributed by atoms with Crippen molar-refractivity contribution in [2.75, 3.05) is 6.54 Å². The Hall–Kier alpha value is -2.01. The number of para-hydroxylation sites is 1. The molecule has 1 heterocycles. The van der Waals surface area contributed by atoms with Crippen molar-refractivity contribution in [2.45, 2.75) is 33.2 Å². The van der Waals surface area contributed by atoms with E-state index in [4.69, 9.17) is 0 Å². The van der Waals surface area contributed by atoms with Crippen LogP contribution < -0.4 is 5.32 Å². The molecule has 0 aliphatic heterocycles. The average molecular weight is 285 g/mol. The van der Waals surface area contributed by atoms with Crippen LogP contribution >= 0.6 is 0 Å². The van der Waals surface area contributed by atoms with Gasteiger partial charge in [0.15, 0.2) is 5.82 Å². The molecule has 0 amide bonds. The predicted octanol–water partition coefficient (Wildman–Crippen LogP) is 2.40. The van der Waals surface area contributed by atoms with E-state index in [1.54, 1.807) is 4.68 Å². The Balaban J connectivity index is 2.19. The number of hydrogen-bond donors (Lipinski definition) is 1. The molecule has 112 valence electrons. The molecule has 1 aromatic carbocycles. The number of nitrogens with zero attached hydrogens (tertiary/aromatic N) is 4. The Kier molecular flexibility index (Phi) is 4.85. The van der Waals surface area contributed by atoms with Gasteiger partial charge < -0.3 is 5.32 Å². The first kappa shape index (κ1) is 15.4. The minimum atomic E-state index is -0.0918. The standard InChI is InChI=1S/C16H23N5/c1-5-16(4,12-17-13(2)3)11-15-18-19-20-21(15)14-9-7-6-8-10-14/h5-10,13,17H,1,11-12H2,2-4H3. The lowest BCUT2D eigenvalue weighted by Gasteiger charge is -2.26. The summed E-state index contributed by atoms with van der Waals surface area (Å²) in [7, 11) is 0. The molecule has 0 saturated heterocycles. The topological polar surface area (TPSA) is 55.6 Å². The Bertz CT molecular complexity index is 575. The minimum Gasteiger partial charge on any atom is -0.314 e. The molecule has 0 aliphatic rings. The van der Waals surface area contributed by atoms with Crippen molar-refractivity contribution in [3.05, 3.63) is 48.8 Å². The van der Waals surface area contributed by atoms with Crippen LogP contribution in [0.3, 0.4) is 0 Å². The fraction of sp³-hybridized carbons (Fsp3) is 0.438. The Morgan fingerprint density at radius 3 is 2.67 bits per heavy atom. The zero-order valence-corrected chi connectivity index (χ0v) is 13.0. The zero-order chi connectivity index (χ0) is 15.3. The number of tetrazole rings is 1. The normalized spacial score (nSPS) is 14.1. The van der Waals surface area contributed by atoms with E-state index >= 15 is 0 Å². The third kappa shape index (κ3) is 3.98. The van der Waals surface area contributed by atoms with Crippen LogP contribution in [-0.4, -0.2) is 32.8 Å². The Labute approximate surface area is 126 Å². The molecular formula is C16H23N5. The summed E-state index contributed by atoms with van der Waals surface area (Å²) < 4.78 is 1.79. The highest BCUT2D eigenvalue weighted by atomic mass is 15.5. The molecule has 1 unspecified atom stereocenters. The molecule has 1 aromatic heterocycles. The van der Waals surface area contributed by atoms with E-state index in [0.717, 1.165) is 24.5 Å². The summed E-state index contributed by atoms with van der Waals surface area (Å²) in [5, 5.41) is 15.6. The van der Waals surface area contributed by atoms with Gasteiger partial charge in [-0.25, -0.2) is 0 Å². The van der Waals surface area contributed by atoms with Crippen molar-refractivity contribution in [1.29, 1.82) is 0 Å². The third-order valence-electron chi connectivity index (χ3n) is 3.50. The van der Waals surface area contributed by atoms with Crippen LogP contribution in [0, 0.1) is 5.41 Å². The van der Waals surface area contributed by atoms with Crippen LogP contribution in [0.4, 0.5) is 0 Å². The fourth-order valence-corrected chi connectivity index (χ4v) is 2.09. The van der Waals surface area contributed by atoms with Crippen LogP contribution in [0.1, 0.15) is 26.6 Å². The first-order valence-electron chi connectivity index (χ1n) is 7.24. The molecule has 0 saturated carbocycles. The van der Waals surface area contributed by atoms with Crippen molar-refractivity contribution in [1.82, 2.24) is 25.5 Å². The molecular weight excluding hydrogens is 262 g/mol. The van der Waals surface area contributed by atoms with E-state index in [2.05, 4.69) is 48.2 Å². The van der Waals surface area contributed by atoms with Crippen LogP contribution in [0.5, 0.6) is 0 Å². The van der Waals surface area contributed by atoms with Crippen molar-refractivity contribution < 1.29 is 0 Å². The highest BCUT2D eigenvalue weighted by Gasteiger charge is 2.24. The molecule has 5 nitrogen and oxygen atoms in total. The molecule has 0 bridgehead atoms. The van der Waals surface area contributed by atoms with Crippen LogP contribution in [-0.2, 0) is 6.42 Å². The van der Waals surface area contributed by atoms with Crippen molar-refractivity contribution in [3.8, 4) is 5.69 Å². The highest BCUT2D eigenvalue weighted by molar-refractivity contribution is 5.30. The summed E-state index contributed by atoms with van der Waals surface area (Å²) in [6.45, 7) is 11.3. The summed E-state index contributed by atoms with van der Waals surface area (Å²) in [4.78, 5) is 0. The fourth-order valence-electron chi connectivity index (χ4n) is 2.09. The predicted molar refractivity (Wildman–Crippen MR) is 84.3 cm³/mol. The number of aromatic nitrogens is 4. The highest BCUT2D eigenvalue weighted by Crippen LogP contribution is 2.23. The molecule has 1 N–H and O–H groups in total. The summed E-state index contributed by atoms with van der Waals surface area (Å²) in [5.41, 5.74) is 0.881. The second-order valence-corrected chi connectivity index (χ2v) is 5.91. The van der Waals surface area contributed by atoms with E-state index < -0.39 is 0 Å². The first-order valence-corrected chi connectivity index (χ1v) is 7.24. The molecule has 21 heavy (non-hydrogen) atoms. The Morgan fingerprint density at radius 1 is 1.33 bits per heavy atom. The van der Waals surface area contributed by atoms with E-state index in [1.807, 2.05) is 36.4 Å². The quantitative estimate of drug-likeness (QED) is 0.794. The van der Waals surface area contributed by atoms with Gasteiger partial charge >= 0.3 is 0 Å². The Morgan fingerprint density at radius 2 is 2.05 bits per heavy atom. The SMILES string of the molecule is C=CC(C)(CNC(C)C)Cc1nnnn1-c1ccccc1. The summed E-state index contributed by atoms with van der Waals surface area (Å²) in [5.74, 6) is 0.842. The van der Waals surface area contributed by atoms with Gasteiger partial charge in [-0.15, -0.1) is 11.7 Å². The van der Waals surface area contributed by atoms with Crippen LogP contribution in [0.2, 0.25) is 0 Å². The summed E-state index contributed by atoms with van der Waals surface area (Å²) >= 11 is 0. The largest absolute Gasteiger partial charge is 0.314 e. The average Bonchev–Trinajstić information content (AvgIpc) is 2.94. The molecule has 0 spiro atoms. The van der Waals surface area contributed by atoms with E-state index in [0.29, 0.717) is 6.04 Å². The smallest absolute Gasteiger partial charge is 0.157 e. The maximum absolute atomic E-state index is 4.18. The van der Waals surface area contributed by atoms with Gasteiger partial charge in [0.1, 0.15) is 0 Å². The summed E-state index contributed by atoms with van der Waals surface area (Å²) in [6, 6.07) is 10.4. The lowest BCUT2D eigenvalue weighted by molar-refractivity contribution is 0.364. The van der Waals surface area contributed by atoms with Crippen molar-refractivity contribution in [2.24, 2.45) is 5.41 Å². The van der Waals surface area contributed by atoms with Crippen LogP contribution in [0.25, 0.3) is 5.69 Å². The second-order valence-electron chi connectivity index (χ2n) is 5.91. The molecule has 0 fully saturated rings. The maximum Gasteiger partial charge on any atom is 0.157 e. The van der Waals surface area contributed by atoms with Crippen LogP contribution in [0.15, 0.2) is 43.0 Å². The van der Waals surface area contributed by atoms with Gasteiger partial charge in [0.2, 0.25) is 0 Å². The maximum atomic E-state index is 4.18. The second kappa shape index (κ2) is 6.63. The van der Waals surface area contributed by atoms with Gasteiger partial charge in [-0.3, -0.25) is 0 Å². The minimum absolute atomic E-state index is 0.0918. The summed E-state index contributed by atoms with van der Waals surface area (Å²) in [6.07, 6.45) is 2.71. The van der Waals surface area contributed by atoms with Crippen molar-refractivity contribution >= 4 is 0 Å². The molecule has 0 aliphatic carbocycles. The van der Waals surface area contributed by atoms with Gasteiger partial charge in [0.05, 0.1) is 5.69 Å². The first-order chi connectivity index (χ1) is 10.0. The third-order valence-corrected chi connectivity index (χ3v) is 3.50. The molecule has 2 aromatic rings. The molecule has 5 heteroatoms. The lowest BCUT2D eigenvalue weighted by Crippen LogP contribution is -2.36. The number of benzene rings is 1. The number of nitrogens with one attached hydrogen (secondary N) is 1. The van der Waals surface area contributed by atoms with Gasteiger partial charge in [0.25, 0.3) is 0 Å². The van der Waals surface area contributed by atoms with E-state index in [1.165, 1.54) is 0 Å². The zero-order valence-electron chi connectivity index (χ0n) is 13.0.